The molecule has 3 nitrogen and oxygen atoms in total. The summed E-state index contributed by atoms with van der Waals surface area (Å²) in [6, 6.07) is 3.75. The molecule has 0 saturated carbocycles. The lowest BCUT2D eigenvalue weighted by Crippen LogP contribution is -2.12. The first-order chi connectivity index (χ1) is 6.67. The van der Waals surface area contributed by atoms with Crippen molar-refractivity contribution in [2.24, 2.45) is 0 Å². The van der Waals surface area contributed by atoms with Crippen LogP contribution in [-0.4, -0.2) is 16.2 Å². The normalized spacial score (nSPS) is 12.6. The first kappa shape index (κ1) is 11.0. The number of nitrogens with zero attached hydrogens (tertiary/aromatic N) is 1. The maximum Gasteiger partial charge on any atom is 0.143 e. The van der Waals surface area contributed by atoms with Gasteiger partial charge in [-0.15, -0.1) is 0 Å². The quantitative estimate of drug-likeness (QED) is 0.799. The summed E-state index contributed by atoms with van der Waals surface area (Å²) in [7, 11) is 0. The van der Waals surface area contributed by atoms with E-state index in [9.17, 15) is 0 Å². The van der Waals surface area contributed by atoms with Gasteiger partial charge in [-0.3, -0.25) is 4.98 Å². The number of aryl methyl sites for hydroxylation is 1. The Labute approximate surface area is 84.7 Å². The molecule has 1 aromatic heterocycles. The van der Waals surface area contributed by atoms with Crippen LogP contribution in [0.4, 0.5) is 0 Å². The highest BCUT2D eigenvalue weighted by atomic mass is 16.5. The summed E-state index contributed by atoms with van der Waals surface area (Å²) in [5.74, 6) is 0.687. The number of aromatic nitrogens is 1. The Kier molecular flexibility index (Phi) is 3.89. The molecule has 0 aliphatic carbocycles. The van der Waals surface area contributed by atoms with Gasteiger partial charge in [0.05, 0.1) is 12.7 Å². The summed E-state index contributed by atoms with van der Waals surface area (Å²) < 4.78 is 5.62. The molecule has 78 valence electrons. The molecule has 1 unspecified atom stereocenters. The van der Waals surface area contributed by atoms with Crippen LogP contribution in [0.2, 0.25) is 0 Å². The van der Waals surface area contributed by atoms with Gasteiger partial charge in [0.15, 0.2) is 0 Å². The number of rotatable bonds is 4. The lowest BCUT2D eigenvalue weighted by atomic mass is 10.2. The predicted octanol–water partition coefficient (Wildman–Crippen LogP) is 2.06. The van der Waals surface area contributed by atoms with Gasteiger partial charge in [0.1, 0.15) is 11.4 Å². The van der Waals surface area contributed by atoms with Gasteiger partial charge in [-0.1, -0.05) is 6.92 Å². The van der Waals surface area contributed by atoms with E-state index in [0.29, 0.717) is 11.4 Å². The lowest BCUT2D eigenvalue weighted by molar-refractivity contribution is 0.203. The van der Waals surface area contributed by atoms with Gasteiger partial charge in [-0.2, -0.15) is 0 Å². The van der Waals surface area contributed by atoms with E-state index in [1.807, 2.05) is 26.0 Å². The van der Waals surface area contributed by atoms with Crippen molar-refractivity contribution in [2.45, 2.75) is 39.9 Å². The van der Waals surface area contributed by atoms with Crippen molar-refractivity contribution in [3.8, 4) is 5.75 Å². The van der Waals surface area contributed by atoms with Gasteiger partial charge in [0.25, 0.3) is 0 Å². The first-order valence-corrected chi connectivity index (χ1v) is 4.91. The van der Waals surface area contributed by atoms with Crippen LogP contribution in [0.15, 0.2) is 12.1 Å². The van der Waals surface area contributed by atoms with Gasteiger partial charge in [0, 0.05) is 5.69 Å². The van der Waals surface area contributed by atoms with Crippen molar-refractivity contribution in [3.63, 3.8) is 0 Å². The van der Waals surface area contributed by atoms with E-state index in [-0.39, 0.29) is 12.7 Å². The fraction of sp³-hybridized carbons (Fsp3) is 0.545. The van der Waals surface area contributed by atoms with Crippen LogP contribution in [0.5, 0.6) is 5.75 Å². The fourth-order valence-corrected chi connectivity index (χ4v) is 1.12. The predicted molar refractivity (Wildman–Crippen MR) is 55.3 cm³/mol. The van der Waals surface area contributed by atoms with Crippen LogP contribution >= 0.6 is 0 Å². The monoisotopic (exact) mass is 195 g/mol. The van der Waals surface area contributed by atoms with Gasteiger partial charge in [-0.05, 0) is 32.4 Å². The zero-order valence-corrected chi connectivity index (χ0v) is 8.95. The Bertz CT molecular complexity index is 299. The van der Waals surface area contributed by atoms with Crippen molar-refractivity contribution < 1.29 is 9.84 Å². The smallest absolute Gasteiger partial charge is 0.143 e. The molecule has 0 fully saturated rings. The number of aliphatic hydroxyl groups is 1. The second kappa shape index (κ2) is 4.96. The van der Waals surface area contributed by atoms with Gasteiger partial charge in [-0.25, -0.2) is 0 Å². The summed E-state index contributed by atoms with van der Waals surface area (Å²) in [6.07, 6.45) is 1.10. The molecule has 1 atom stereocenters. The maximum atomic E-state index is 9.09. The number of ether oxygens (including phenoxy) is 1. The molecule has 0 saturated heterocycles. The fourth-order valence-electron chi connectivity index (χ4n) is 1.12. The molecule has 1 rings (SSSR count). The summed E-state index contributed by atoms with van der Waals surface area (Å²) in [6.45, 7) is 5.88. The van der Waals surface area contributed by atoms with Crippen molar-refractivity contribution in [1.29, 1.82) is 0 Å². The molecule has 1 N–H and O–H groups in total. The highest BCUT2D eigenvalue weighted by Gasteiger charge is 2.07. The van der Waals surface area contributed by atoms with Crippen molar-refractivity contribution in [2.75, 3.05) is 0 Å². The summed E-state index contributed by atoms with van der Waals surface area (Å²) >= 11 is 0. The SMILES string of the molecule is CCC(C)Oc1ccc(C)nc1CO. The van der Waals surface area contributed by atoms with Crippen LogP contribution in [0.1, 0.15) is 31.7 Å². The van der Waals surface area contributed by atoms with E-state index in [1.54, 1.807) is 0 Å². The minimum absolute atomic E-state index is 0.0759. The molecule has 0 radical (unpaired) electrons. The molecule has 1 aromatic rings. The molecule has 0 bridgehead atoms. The summed E-state index contributed by atoms with van der Waals surface area (Å²) in [5, 5.41) is 9.09. The Hall–Kier alpha value is -1.09. The third kappa shape index (κ3) is 2.70. The Morgan fingerprint density at radius 2 is 2.21 bits per heavy atom. The van der Waals surface area contributed by atoms with E-state index in [0.717, 1.165) is 12.1 Å². The Morgan fingerprint density at radius 3 is 2.79 bits per heavy atom. The average Bonchev–Trinajstić information content (AvgIpc) is 2.20. The molecular formula is C11H17NO2. The topological polar surface area (TPSA) is 42.4 Å². The van der Waals surface area contributed by atoms with Crippen molar-refractivity contribution in [1.82, 2.24) is 4.98 Å². The summed E-state index contributed by atoms with van der Waals surface area (Å²) in [4.78, 5) is 4.20. The van der Waals surface area contributed by atoms with E-state index in [4.69, 9.17) is 9.84 Å². The number of hydrogen-bond acceptors (Lipinski definition) is 3. The van der Waals surface area contributed by atoms with E-state index < -0.39 is 0 Å². The third-order valence-corrected chi connectivity index (χ3v) is 2.12. The van der Waals surface area contributed by atoms with Gasteiger partial charge >= 0.3 is 0 Å². The number of hydrogen-bond donors (Lipinski definition) is 1. The zero-order chi connectivity index (χ0) is 10.6. The minimum atomic E-state index is -0.0759. The molecule has 1 heterocycles. The van der Waals surface area contributed by atoms with E-state index in [2.05, 4.69) is 11.9 Å². The second-order valence-electron chi connectivity index (χ2n) is 3.39. The lowest BCUT2D eigenvalue weighted by Gasteiger charge is -2.14. The Morgan fingerprint density at radius 1 is 1.50 bits per heavy atom. The maximum absolute atomic E-state index is 9.09. The number of pyridine rings is 1. The standard InChI is InChI=1S/C11H17NO2/c1-4-9(3)14-11-6-5-8(2)12-10(11)7-13/h5-6,9,13H,4,7H2,1-3H3. The molecule has 0 spiro atoms. The highest BCUT2D eigenvalue weighted by Crippen LogP contribution is 2.18. The first-order valence-electron chi connectivity index (χ1n) is 4.91. The third-order valence-electron chi connectivity index (χ3n) is 2.12. The van der Waals surface area contributed by atoms with Gasteiger partial charge in [0.2, 0.25) is 0 Å². The second-order valence-corrected chi connectivity index (χ2v) is 3.39. The molecule has 0 aromatic carbocycles. The molecule has 3 heteroatoms. The van der Waals surface area contributed by atoms with Gasteiger partial charge < -0.3 is 9.84 Å². The Balaban J connectivity index is 2.85. The van der Waals surface area contributed by atoms with Crippen LogP contribution in [0.25, 0.3) is 0 Å². The highest BCUT2D eigenvalue weighted by molar-refractivity contribution is 5.28. The molecule has 0 aliphatic heterocycles. The van der Waals surface area contributed by atoms with E-state index in [1.165, 1.54) is 0 Å². The van der Waals surface area contributed by atoms with Crippen LogP contribution in [-0.2, 0) is 6.61 Å². The van der Waals surface area contributed by atoms with Crippen molar-refractivity contribution >= 4 is 0 Å². The molecular weight excluding hydrogens is 178 g/mol. The average molecular weight is 195 g/mol. The summed E-state index contributed by atoms with van der Waals surface area (Å²) in [5.41, 5.74) is 1.51. The van der Waals surface area contributed by atoms with Crippen LogP contribution < -0.4 is 4.74 Å². The van der Waals surface area contributed by atoms with E-state index >= 15 is 0 Å². The number of aliphatic hydroxyl groups excluding tert-OH is 1. The largest absolute Gasteiger partial charge is 0.489 e. The molecule has 0 aliphatic rings. The minimum Gasteiger partial charge on any atom is -0.489 e. The van der Waals surface area contributed by atoms with Crippen molar-refractivity contribution in [3.05, 3.63) is 23.5 Å². The zero-order valence-electron chi connectivity index (χ0n) is 8.95. The van der Waals surface area contributed by atoms with Crippen LogP contribution in [0, 0.1) is 6.92 Å². The molecule has 0 amide bonds. The molecule has 14 heavy (non-hydrogen) atoms. The van der Waals surface area contributed by atoms with Crippen LogP contribution in [0.3, 0.4) is 0 Å².